The van der Waals surface area contributed by atoms with Gasteiger partial charge in [-0.25, -0.2) is 0 Å². The number of nitrogens with zero attached hydrogens (tertiary/aromatic N) is 1. The maximum atomic E-state index is 11.0. The molecule has 0 spiro atoms. The smallest absolute Gasteiger partial charge is 0.248 e. The van der Waals surface area contributed by atoms with E-state index in [2.05, 4.69) is 0 Å². The number of fused-ring (bicyclic) bond motifs is 1. The lowest BCUT2D eigenvalue weighted by atomic mass is 10.1. The number of primary amides is 1. The van der Waals surface area contributed by atoms with E-state index in [0.29, 0.717) is 12.1 Å². The van der Waals surface area contributed by atoms with Gasteiger partial charge in [0.05, 0.1) is 0 Å². The summed E-state index contributed by atoms with van der Waals surface area (Å²) < 4.78 is 1.99. The quantitative estimate of drug-likeness (QED) is 0.755. The van der Waals surface area contributed by atoms with Crippen LogP contribution in [0.3, 0.4) is 0 Å². The molecule has 0 fully saturated rings. The van der Waals surface area contributed by atoms with E-state index in [9.17, 15) is 4.79 Å². The van der Waals surface area contributed by atoms with Crippen molar-refractivity contribution < 1.29 is 4.79 Å². The van der Waals surface area contributed by atoms with Gasteiger partial charge >= 0.3 is 0 Å². The van der Waals surface area contributed by atoms with Gasteiger partial charge in [-0.05, 0) is 23.8 Å². The first-order valence-corrected chi connectivity index (χ1v) is 4.71. The number of rotatable bonds is 2. The zero-order chi connectivity index (χ0) is 11.0. The highest BCUT2D eigenvalue weighted by Crippen LogP contribution is 2.21. The Labute approximate surface area is 87.5 Å². The minimum absolute atomic E-state index is 0.413. The molecule has 2 rings (SSSR count). The Kier molecular flexibility index (Phi) is 2.21. The molecule has 2 aromatic rings. The van der Waals surface area contributed by atoms with Crippen LogP contribution in [-0.4, -0.2) is 10.5 Å². The van der Waals surface area contributed by atoms with Gasteiger partial charge in [0.25, 0.3) is 0 Å². The summed E-state index contributed by atoms with van der Waals surface area (Å²) in [4.78, 5) is 11.0. The van der Waals surface area contributed by atoms with Crippen molar-refractivity contribution in [2.24, 2.45) is 18.5 Å². The van der Waals surface area contributed by atoms with Gasteiger partial charge in [0.1, 0.15) is 0 Å². The van der Waals surface area contributed by atoms with Crippen LogP contribution in [0.4, 0.5) is 0 Å². The highest BCUT2D eigenvalue weighted by Gasteiger charge is 2.08. The number of aryl methyl sites for hydroxylation is 1. The highest BCUT2D eigenvalue weighted by molar-refractivity contribution is 5.98. The van der Waals surface area contributed by atoms with Crippen molar-refractivity contribution in [2.45, 2.75) is 6.54 Å². The SMILES string of the molecule is Cn1cc(CN)c2cc(C(N)=O)ccc21. The monoisotopic (exact) mass is 203 g/mol. The first-order chi connectivity index (χ1) is 7.13. The van der Waals surface area contributed by atoms with Crippen LogP contribution in [-0.2, 0) is 13.6 Å². The van der Waals surface area contributed by atoms with E-state index in [1.165, 1.54) is 0 Å². The molecule has 0 aliphatic carbocycles. The molecule has 0 unspecified atom stereocenters. The summed E-state index contributed by atoms with van der Waals surface area (Å²) in [6.45, 7) is 0.458. The number of amides is 1. The van der Waals surface area contributed by atoms with Crippen molar-refractivity contribution >= 4 is 16.8 Å². The van der Waals surface area contributed by atoms with Crippen molar-refractivity contribution in [2.75, 3.05) is 0 Å². The number of aromatic nitrogens is 1. The number of benzene rings is 1. The molecule has 78 valence electrons. The Morgan fingerprint density at radius 2 is 2.20 bits per heavy atom. The van der Waals surface area contributed by atoms with Gasteiger partial charge in [0, 0.05) is 36.3 Å². The molecule has 1 heterocycles. The minimum atomic E-state index is -0.413. The van der Waals surface area contributed by atoms with Crippen molar-refractivity contribution in [1.82, 2.24) is 4.57 Å². The third kappa shape index (κ3) is 1.49. The van der Waals surface area contributed by atoms with E-state index >= 15 is 0 Å². The first kappa shape index (κ1) is 9.73. The average Bonchev–Trinajstić information content (AvgIpc) is 2.55. The molecule has 0 aliphatic rings. The Morgan fingerprint density at radius 1 is 1.47 bits per heavy atom. The van der Waals surface area contributed by atoms with Gasteiger partial charge in [0.2, 0.25) is 5.91 Å². The van der Waals surface area contributed by atoms with Crippen LogP contribution in [0.25, 0.3) is 10.9 Å². The van der Waals surface area contributed by atoms with E-state index in [4.69, 9.17) is 11.5 Å². The fraction of sp³-hybridized carbons (Fsp3) is 0.182. The summed E-state index contributed by atoms with van der Waals surface area (Å²) in [5, 5.41) is 0.997. The van der Waals surface area contributed by atoms with E-state index < -0.39 is 5.91 Å². The third-order valence-corrected chi connectivity index (χ3v) is 2.58. The molecule has 4 heteroatoms. The Balaban J connectivity index is 2.73. The van der Waals surface area contributed by atoms with Gasteiger partial charge in [-0.15, -0.1) is 0 Å². The van der Waals surface area contributed by atoms with Crippen molar-refractivity contribution in [1.29, 1.82) is 0 Å². The fourth-order valence-electron chi connectivity index (χ4n) is 1.79. The van der Waals surface area contributed by atoms with Crippen LogP contribution in [0.2, 0.25) is 0 Å². The normalized spacial score (nSPS) is 10.8. The molecule has 1 aromatic carbocycles. The predicted molar refractivity (Wildman–Crippen MR) is 59.3 cm³/mol. The molecule has 4 nitrogen and oxygen atoms in total. The largest absolute Gasteiger partial charge is 0.366 e. The molecule has 0 atom stereocenters. The van der Waals surface area contributed by atoms with Crippen LogP contribution < -0.4 is 11.5 Å². The molecule has 15 heavy (non-hydrogen) atoms. The molecule has 0 bridgehead atoms. The maximum Gasteiger partial charge on any atom is 0.248 e. The number of carbonyl (C=O) groups is 1. The van der Waals surface area contributed by atoms with Crippen LogP contribution >= 0.6 is 0 Å². The molecule has 0 radical (unpaired) electrons. The molecular weight excluding hydrogens is 190 g/mol. The molecule has 1 amide bonds. The predicted octanol–water partition coefficient (Wildman–Crippen LogP) is 0.736. The molecule has 0 saturated heterocycles. The highest BCUT2D eigenvalue weighted by atomic mass is 16.1. The lowest BCUT2D eigenvalue weighted by molar-refractivity contribution is 0.100. The molecule has 0 saturated carbocycles. The third-order valence-electron chi connectivity index (χ3n) is 2.58. The second-order valence-corrected chi connectivity index (χ2v) is 3.57. The summed E-state index contributed by atoms with van der Waals surface area (Å²) in [5.74, 6) is -0.413. The number of hydrogen-bond acceptors (Lipinski definition) is 2. The summed E-state index contributed by atoms with van der Waals surface area (Å²) in [6, 6.07) is 5.40. The maximum absolute atomic E-state index is 11.0. The van der Waals surface area contributed by atoms with Gasteiger partial charge in [-0.2, -0.15) is 0 Å². The van der Waals surface area contributed by atoms with Crippen molar-refractivity contribution in [3.05, 3.63) is 35.5 Å². The Bertz CT molecular complexity index is 528. The molecule has 1 aromatic heterocycles. The van der Waals surface area contributed by atoms with E-state index in [1.807, 2.05) is 23.9 Å². The number of nitrogens with two attached hydrogens (primary N) is 2. The zero-order valence-electron chi connectivity index (χ0n) is 8.53. The standard InChI is InChI=1S/C11H13N3O/c1-14-6-8(5-12)9-4-7(11(13)15)2-3-10(9)14/h2-4,6H,5,12H2,1H3,(H2,13,15). The van der Waals surface area contributed by atoms with E-state index in [1.54, 1.807) is 12.1 Å². The summed E-state index contributed by atoms with van der Waals surface area (Å²) in [7, 11) is 1.95. The molecule has 4 N–H and O–H groups in total. The van der Waals surface area contributed by atoms with Crippen LogP contribution in [0.1, 0.15) is 15.9 Å². The van der Waals surface area contributed by atoms with Crippen LogP contribution in [0.5, 0.6) is 0 Å². The van der Waals surface area contributed by atoms with E-state index in [0.717, 1.165) is 16.5 Å². The van der Waals surface area contributed by atoms with Crippen molar-refractivity contribution in [3.63, 3.8) is 0 Å². The van der Waals surface area contributed by atoms with Crippen LogP contribution in [0.15, 0.2) is 24.4 Å². The zero-order valence-corrected chi connectivity index (χ0v) is 8.53. The summed E-state index contributed by atoms with van der Waals surface area (Å²) >= 11 is 0. The number of hydrogen-bond donors (Lipinski definition) is 2. The second kappa shape index (κ2) is 3.40. The Hall–Kier alpha value is -1.81. The summed E-state index contributed by atoms with van der Waals surface area (Å²) in [6.07, 6.45) is 1.97. The van der Waals surface area contributed by atoms with Gasteiger partial charge < -0.3 is 16.0 Å². The second-order valence-electron chi connectivity index (χ2n) is 3.57. The lowest BCUT2D eigenvalue weighted by Gasteiger charge is -1.99. The lowest BCUT2D eigenvalue weighted by Crippen LogP contribution is -2.10. The first-order valence-electron chi connectivity index (χ1n) is 4.71. The minimum Gasteiger partial charge on any atom is -0.366 e. The molecular formula is C11H13N3O. The van der Waals surface area contributed by atoms with Crippen molar-refractivity contribution in [3.8, 4) is 0 Å². The van der Waals surface area contributed by atoms with Crippen LogP contribution in [0, 0.1) is 0 Å². The fourth-order valence-corrected chi connectivity index (χ4v) is 1.79. The molecule has 0 aliphatic heterocycles. The summed E-state index contributed by atoms with van der Waals surface area (Å²) in [5.41, 5.74) is 13.4. The average molecular weight is 203 g/mol. The van der Waals surface area contributed by atoms with E-state index in [-0.39, 0.29) is 0 Å². The number of carbonyl (C=O) groups excluding carboxylic acids is 1. The Morgan fingerprint density at radius 3 is 2.80 bits per heavy atom. The topological polar surface area (TPSA) is 74.0 Å². The van der Waals surface area contributed by atoms with Gasteiger partial charge in [0.15, 0.2) is 0 Å². The van der Waals surface area contributed by atoms with Gasteiger partial charge in [-0.3, -0.25) is 4.79 Å². The van der Waals surface area contributed by atoms with Gasteiger partial charge in [-0.1, -0.05) is 0 Å².